The average Bonchev–Trinajstić information content (AvgIpc) is 2.53. The molecule has 23 heavy (non-hydrogen) atoms. The summed E-state index contributed by atoms with van der Waals surface area (Å²) >= 11 is 3.32. The molecule has 0 aromatic heterocycles. The molecule has 0 saturated carbocycles. The van der Waals surface area contributed by atoms with Gasteiger partial charge in [-0.2, -0.15) is 0 Å². The quantitative estimate of drug-likeness (QED) is 0.698. The van der Waals surface area contributed by atoms with Gasteiger partial charge in [0, 0.05) is 4.47 Å². The normalized spacial score (nSPS) is 11.2. The first-order valence-electron chi connectivity index (χ1n) is 7.06. The van der Waals surface area contributed by atoms with Crippen molar-refractivity contribution in [1.29, 1.82) is 0 Å². The summed E-state index contributed by atoms with van der Waals surface area (Å²) in [6.45, 7) is 2.02. The second-order valence-corrected chi connectivity index (χ2v) is 8.19. The molecule has 0 unspecified atom stereocenters. The molecule has 0 bridgehead atoms. The van der Waals surface area contributed by atoms with Gasteiger partial charge in [-0.05, 0) is 36.8 Å². The number of rotatable bonds is 6. The van der Waals surface area contributed by atoms with E-state index in [2.05, 4.69) is 15.9 Å². The van der Waals surface area contributed by atoms with Crippen LogP contribution in [0.25, 0.3) is 0 Å². The number of carbonyl (C=O) groups is 1. The molecule has 0 aliphatic rings. The highest BCUT2D eigenvalue weighted by atomic mass is 79.9. The molecule has 0 heterocycles. The summed E-state index contributed by atoms with van der Waals surface area (Å²) in [5, 5.41) is 0. The number of ether oxygens (including phenoxy) is 1. The van der Waals surface area contributed by atoms with Crippen LogP contribution in [0, 0.1) is 6.92 Å². The summed E-state index contributed by atoms with van der Waals surface area (Å²) in [6, 6.07) is 13.9. The van der Waals surface area contributed by atoms with Crippen LogP contribution in [0.3, 0.4) is 0 Å². The maximum absolute atomic E-state index is 12.1. The predicted molar refractivity (Wildman–Crippen MR) is 91.8 cm³/mol. The third kappa shape index (κ3) is 5.48. The van der Waals surface area contributed by atoms with Crippen molar-refractivity contribution in [1.82, 2.24) is 0 Å². The Labute approximate surface area is 144 Å². The van der Waals surface area contributed by atoms with E-state index in [1.807, 2.05) is 31.2 Å². The van der Waals surface area contributed by atoms with Gasteiger partial charge in [0.15, 0.2) is 9.84 Å². The minimum Gasteiger partial charge on any atom is -0.461 e. The van der Waals surface area contributed by atoms with Gasteiger partial charge < -0.3 is 4.74 Å². The van der Waals surface area contributed by atoms with Gasteiger partial charge in [0.1, 0.15) is 6.61 Å². The molecule has 0 N–H and O–H groups in total. The van der Waals surface area contributed by atoms with Crippen LogP contribution >= 0.6 is 15.9 Å². The van der Waals surface area contributed by atoms with Gasteiger partial charge in [0.25, 0.3) is 0 Å². The van der Waals surface area contributed by atoms with Crippen LogP contribution in [0.2, 0.25) is 0 Å². The Balaban J connectivity index is 1.86. The van der Waals surface area contributed by atoms with Gasteiger partial charge in [-0.25, -0.2) is 8.42 Å². The number of benzene rings is 2. The molecule has 0 radical (unpaired) electrons. The number of sulfone groups is 1. The smallest absolute Gasteiger partial charge is 0.307 e. The van der Waals surface area contributed by atoms with E-state index in [4.69, 9.17) is 4.74 Å². The molecular formula is C17H17BrO4S. The van der Waals surface area contributed by atoms with E-state index in [0.717, 1.165) is 15.6 Å². The van der Waals surface area contributed by atoms with Crippen LogP contribution in [0.5, 0.6) is 0 Å². The molecule has 6 heteroatoms. The van der Waals surface area contributed by atoms with Crippen molar-refractivity contribution in [3.8, 4) is 0 Å². The van der Waals surface area contributed by atoms with E-state index in [0.29, 0.717) is 0 Å². The van der Waals surface area contributed by atoms with Crippen molar-refractivity contribution in [3.05, 3.63) is 64.1 Å². The second-order valence-electron chi connectivity index (χ2n) is 5.17. The van der Waals surface area contributed by atoms with Gasteiger partial charge in [-0.15, -0.1) is 0 Å². The van der Waals surface area contributed by atoms with Crippen LogP contribution in [0.4, 0.5) is 0 Å². The van der Waals surface area contributed by atoms with Gasteiger partial charge >= 0.3 is 5.97 Å². The number of hydrogen-bond acceptors (Lipinski definition) is 4. The van der Waals surface area contributed by atoms with Crippen molar-refractivity contribution in [2.45, 2.75) is 24.8 Å². The summed E-state index contributed by atoms with van der Waals surface area (Å²) in [5.74, 6) is -0.779. The lowest BCUT2D eigenvalue weighted by Gasteiger charge is -2.06. The molecule has 0 fully saturated rings. The Morgan fingerprint density at radius 1 is 1.04 bits per heavy atom. The minimum absolute atomic E-state index is 0.136. The summed E-state index contributed by atoms with van der Waals surface area (Å²) < 4.78 is 30.3. The topological polar surface area (TPSA) is 60.4 Å². The molecule has 0 spiro atoms. The van der Waals surface area contributed by atoms with Crippen molar-refractivity contribution < 1.29 is 17.9 Å². The number of halogens is 1. The first-order chi connectivity index (χ1) is 10.9. The van der Waals surface area contributed by atoms with Gasteiger partial charge in [0.2, 0.25) is 0 Å². The van der Waals surface area contributed by atoms with Gasteiger partial charge in [0.05, 0.1) is 17.1 Å². The molecule has 2 rings (SSSR count). The van der Waals surface area contributed by atoms with Crippen molar-refractivity contribution in [2.24, 2.45) is 0 Å². The van der Waals surface area contributed by atoms with Crippen LogP contribution < -0.4 is 0 Å². The Morgan fingerprint density at radius 3 is 2.26 bits per heavy atom. The fourth-order valence-corrected chi connectivity index (χ4v) is 3.38. The van der Waals surface area contributed by atoms with Crippen molar-refractivity contribution in [2.75, 3.05) is 5.75 Å². The molecule has 0 aliphatic heterocycles. The minimum atomic E-state index is -3.47. The number of esters is 1. The highest BCUT2D eigenvalue weighted by Gasteiger charge is 2.17. The van der Waals surface area contributed by atoms with E-state index >= 15 is 0 Å². The molecule has 122 valence electrons. The summed E-state index contributed by atoms with van der Waals surface area (Å²) in [7, 11) is -3.47. The van der Waals surface area contributed by atoms with E-state index in [1.165, 1.54) is 0 Å². The maximum Gasteiger partial charge on any atom is 0.307 e. The molecule has 0 amide bonds. The summed E-state index contributed by atoms with van der Waals surface area (Å²) in [4.78, 5) is 11.9. The highest BCUT2D eigenvalue weighted by molar-refractivity contribution is 9.10. The molecule has 0 aliphatic carbocycles. The number of aryl methyl sites for hydroxylation is 1. The second kappa shape index (κ2) is 7.75. The maximum atomic E-state index is 12.1. The zero-order valence-corrected chi connectivity index (χ0v) is 15.1. The standard InChI is InChI=1S/C17H17BrO4S/c1-13-2-8-16(9-3-13)23(20,21)11-10-17(19)22-12-14-4-6-15(18)7-5-14/h2-9H,10-12H2,1H3. The predicted octanol–water partition coefficient (Wildman–Crippen LogP) is 3.66. The molecule has 2 aromatic rings. The van der Waals surface area contributed by atoms with Crippen molar-refractivity contribution >= 4 is 31.7 Å². The van der Waals surface area contributed by atoms with Gasteiger partial charge in [-0.1, -0.05) is 45.8 Å². The van der Waals surface area contributed by atoms with Crippen LogP contribution in [-0.4, -0.2) is 20.1 Å². The van der Waals surface area contributed by atoms with E-state index < -0.39 is 15.8 Å². The molecule has 0 atom stereocenters. The third-order valence-electron chi connectivity index (χ3n) is 3.27. The first-order valence-corrected chi connectivity index (χ1v) is 9.51. The van der Waals surface area contributed by atoms with Crippen LogP contribution in [0.15, 0.2) is 57.9 Å². The monoisotopic (exact) mass is 396 g/mol. The lowest BCUT2D eigenvalue weighted by Crippen LogP contribution is -2.13. The Kier molecular flexibility index (Phi) is 5.96. The van der Waals surface area contributed by atoms with E-state index in [-0.39, 0.29) is 23.7 Å². The number of hydrogen-bond donors (Lipinski definition) is 0. The zero-order valence-electron chi connectivity index (χ0n) is 12.7. The summed E-state index contributed by atoms with van der Waals surface area (Å²) in [5.41, 5.74) is 1.83. The third-order valence-corrected chi connectivity index (χ3v) is 5.53. The van der Waals surface area contributed by atoms with Crippen LogP contribution in [0.1, 0.15) is 17.5 Å². The van der Waals surface area contributed by atoms with Crippen LogP contribution in [-0.2, 0) is 26.0 Å². The lowest BCUT2D eigenvalue weighted by atomic mass is 10.2. The molecule has 0 saturated heterocycles. The average molecular weight is 397 g/mol. The van der Waals surface area contributed by atoms with E-state index in [9.17, 15) is 13.2 Å². The molecule has 4 nitrogen and oxygen atoms in total. The number of carbonyl (C=O) groups excluding carboxylic acids is 1. The molecule has 2 aromatic carbocycles. The first kappa shape index (κ1) is 17.7. The van der Waals surface area contributed by atoms with E-state index in [1.54, 1.807) is 24.3 Å². The fourth-order valence-electron chi connectivity index (χ4n) is 1.90. The Hall–Kier alpha value is -1.66. The zero-order chi connectivity index (χ0) is 16.9. The lowest BCUT2D eigenvalue weighted by molar-refractivity contribution is -0.144. The SMILES string of the molecule is Cc1ccc(S(=O)(=O)CCC(=O)OCc2ccc(Br)cc2)cc1. The highest BCUT2D eigenvalue weighted by Crippen LogP contribution is 2.14. The van der Waals surface area contributed by atoms with Crippen molar-refractivity contribution in [3.63, 3.8) is 0 Å². The summed E-state index contributed by atoms with van der Waals surface area (Å²) in [6.07, 6.45) is -0.160. The largest absolute Gasteiger partial charge is 0.461 e. The molecular weight excluding hydrogens is 380 g/mol. The Morgan fingerprint density at radius 2 is 1.65 bits per heavy atom. The van der Waals surface area contributed by atoms with Gasteiger partial charge in [-0.3, -0.25) is 4.79 Å². The Bertz CT molecular complexity index is 765. The fraction of sp³-hybridized carbons (Fsp3) is 0.235.